The Hall–Kier alpha value is -3.75. The van der Waals surface area contributed by atoms with Gasteiger partial charge in [-0.2, -0.15) is 5.06 Å². The largest absolute Gasteiger partial charge is 0.497 e. The second kappa shape index (κ2) is 10.0. The summed E-state index contributed by atoms with van der Waals surface area (Å²) in [5, 5.41) is 1.47. The zero-order valence-corrected chi connectivity index (χ0v) is 19.8. The topological polar surface area (TPSA) is 86.5 Å². The predicted octanol–water partition coefficient (Wildman–Crippen LogP) is 3.92. The molecule has 0 saturated heterocycles. The van der Waals surface area contributed by atoms with E-state index in [2.05, 4.69) is 0 Å². The van der Waals surface area contributed by atoms with E-state index in [-0.39, 0.29) is 0 Å². The van der Waals surface area contributed by atoms with Crippen LogP contribution in [0.4, 0.5) is 5.69 Å². The van der Waals surface area contributed by atoms with Crippen LogP contribution in [0.3, 0.4) is 0 Å². The van der Waals surface area contributed by atoms with Crippen LogP contribution in [-0.4, -0.2) is 38.5 Å². The van der Waals surface area contributed by atoms with Gasteiger partial charge >= 0.3 is 5.97 Å². The van der Waals surface area contributed by atoms with Crippen molar-refractivity contribution in [2.45, 2.75) is 26.3 Å². The van der Waals surface area contributed by atoms with Crippen molar-refractivity contribution in [3.8, 4) is 28.4 Å². The van der Waals surface area contributed by atoms with Crippen molar-refractivity contribution in [3.63, 3.8) is 0 Å². The van der Waals surface area contributed by atoms with Crippen molar-refractivity contribution in [2.24, 2.45) is 5.73 Å². The first-order valence-corrected chi connectivity index (χ1v) is 10.9. The fourth-order valence-corrected chi connectivity index (χ4v) is 4.15. The number of nitrogens with two attached hydrogens (primary N) is 1. The molecule has 0 fully saturated rings. The van der Waals surface area contributed by atoms with Gasteiger partial charge in [0.05, 0.1) is 32.6 Å². The first-order valence-electron chi connectivity index (χ1n) is 10.9. The van der Waals surface area contributed by atoms with E-state index in [9.17, 15) is 4.79 Å². The first-order chi connectivity index (χ1) is 16.4. The van der Waals surface area contributed by atoms with Crippen molar-refractivity contribution in [1.29, 1.82) is 0 Å². The number of hydrogen-bond acceptors (Lipinski definition) is 8. The molecule has 0 aromatic heterocycles. The van der Waals surface area contributed by atoms with Gasteiger partial charge in [0, 0.05) is 20.0 Å². The summed E-state index contributed by atoms with van der Waals surface area (Å²) in [7, 11) is 4.88. The maximum absolute atomic E-state index is 12.0. The Balaban J connectivity index is 1.70. The van der Waals surface area contributed by atoms with Crippen molar-refractivity contribution in [1.82, 2.24) is 4.90 Å². The number of anilines is 1. The molecule has 8 heteroatoms. The van der Waals surface area contributed by atoms with Gasteiger partial charge in [0.2, 0.25) is 0 Å². The van der Waals surface area contributed by atoms with Gasteiger partial charge in [-0.25, -0.2) is 0 Å². The number of carbonyl (C=O) groups is 1. The molecule has 3 aromatic carbocycles. The molecule has 1 aliphatic heterocycles. The number of hydrogen-bond donors (Lipinski definition) is 1. The zero-order valence-electron chi connectivity index (χ0n) is 19.8. The first kappa shape index (κ1) is 23.4. The van der Waals surface area contributed by atoms with Crippen LogP contribution >= 0.6 is 0 Å². The van der Waals surface area contributed by atoms with Gasteiger partial charge in [0.15, 0.2) is 6.29 Å². The van der Waals surface area contributed by atoms with Crippen LogP contribution < -0.4 is 25.0 Å². The third-order valence-corrected chi connectivity index (χ3v) is 5.85. The predicted molar refractivity (Wildman–Crippen MR) is 129 cm³/mol. The summed E-state index contributed by atoms with van der Waals surface area (Å²) < 4.78 is 16.4. The minimum atomic E-state index is -0.711. The van der Waals surface area contributed by atoms with E-state index in [1.807, 2.05) is 65.6 Å². The summed E-state index contributed by atoms with van der Waals surface area (Å²) >= 11 is 0. The highest BCUT2D eigenvalue weighted by atomic mass is 16.7. The molecule has 0 aliphatic carbocycles. The quantitative estimate of drug-likeness (QED) is 0.564. The van der Waals surface area contributed by atoms with E-state index in [1.54, 1.807) is 21.3 Å². The highest BCUT2D eigenvalue weighted by molar-refractivity contribution is 5.73. The summed E-state index contributed by atoms with van der Waals surface area (Å²) in [5.74, 6) is 1.73. The average molecular weight is 464 g/mol. The molecule has 2 N–H and O–H groups in total. The molecule has 178 valence electrons. The molecular formula is C26H29N3O5. The lowest BCUT2D eigenvalue weighted by atomic mass is 10.00. The maximum atomic E-state index is 12.0. The fourth-order valence-electron chi connectivity index (χ4n) is 4.15. The van der Waals surface area contributed by atoms with Crippen LogP contribution in [0, 0.1) is 0 Å². The van der Waals surface area contributed by atoms with Crippen molar-refractivity contribution in [3.05, 3.63) is 71.8 Å². The Morgan fingerprint density at radius 1 is 0.941 bits per heavy atom. The summed E-state index contributed by atoms with van der Waals surface area (Å²) in [6.07, 6.45) is -0.711. The molecule has 34 heavy (non-hydrogen) atoms. The summed E-state index contributed by atoms with van der Waals surface area (Å²) in [6, 6.07) is 19.5. The SMILES string of the molecule is COc1ccc(-c2ccc3c(c2)N(OC(C)=O)C(N)N(Cc2c(OC)cccc2OC)C3)cc1. The minimum absolute atomic E-state index is 0.436. The molecule has 0 spiro atoms. The molecule has 4 rings (SSSR count). The Morgan fingerprint density at radius 3 is 2.18 bits per heavy atom. The van der Waals surface area contributed by atoms with E-state index in [1.165, 1.54) is 12.0 Å². The van der Waals surface area contributed by atoms with Gasteiger partial charge in [-0.05, 0) is 47.0 Å². The fraction of sp³-hybridized carbons (Fsp3) is 0.269. The number of benzene rings is 3. The molecule has 1 aliphatic rings. The Labute approximate surface area is 199 Å². The van der Waals surface area contributed by atoms with Gasteiger partial charge in [-0.15, -0.1) is 0 Å². The van der Waals surface area contributed by atoms with E-state index < -0.39 is 12.3 Å². The van der Waals surface area contributed by atoms with E-state index in [4.69, 9.17) is 24.8 Å². The molecule has 8 nitrogen and oxygen atoms in total. The summed E-state index contributed by atoms with van der Waals surface area (Å²) in [5.41, 5.74) is 11.2. The normalized spacial score (nSPS) is 15.4. The number of hydroxylamine groups is 1. The highest BCUT2D eigenvalue weighted by Gasteiger charge is 2.33. The van der Waals surface area contributed by atoms with Crippen molar-refractivity contribution < 1.29 is 23.8 Å². The third-order valence-electron chi connectivity index (χ3n) is 5.85. The zero-order chi connectivity index (χ0) is 24.2. The lowest BCUT2D eigenvalue weighted by molar-refractivity contribution is -0.145. The number of carbonyl (C=O) groups excluding carboxylic acids is 1. The van der Waals surface area contributed by atoms with Gasteiger partial charge in [-0.3, -0.25) is 15.4 Å². The van der Waals surface area contributed by atoms with Crippen LogP contribution in [0.15, 0.2) is 60.7 Å². The third kappa shape index (κ3) is 4.64. The lowest BCUT2D eigenvalue weighted by Gasteiger charge is -2.42. The van der Waals surface area contributed by atoms with E-state index in [0.29, 0.717) is 24.6 Å². The van der Waals surface area contributed by atoms with Crippen LogP contribution in [-0.2, 0) is 22.7 Å². The molecule has 1 atom stereocenters. The van der Waals surface area contributed by atoms with Crippen molar-refractivity contribution >= 4 is 11.7 Å². The Kier molecular flexibility index (Phi) is 6.90. The molecule has 0 bridgehead atoms. The lowest BCUT2D eigenvalue weighted by Crippen LogP contribution is -2.57. The molecule has 1 unspecified atom stereocenters. The number of rotatable bonds is 7. The molecule has 1 heterocycles. The van der Waals surface area contributed by atoms with E-state index in [0.717, 1.165) is 33.7 Å². The summed E-state index contributed by atoms with van der Waals surface area (Å²) in [6.45, 7) is 2.35. The molecule has 3 aromatic rings. The summed E-state index contributed by atoms with van der Waals surface area (Å²) in [4.78, 5) is 19.5. The Bertz CT molecular complexity index is 1140. The second-order valence-electron chi connectivity index (χ2n) is 7.94. The van der Waals surface area contributed by atoms with Crippen LogP contribution in [0.25, 0.3) is 11.1 Å². The van der Waals surface area contributed by atoms with Gasteiger partial charge in [0.25, 0.3) is 0 Å². The van der Waals surface area contributed by atoms with Crippen LogP contribution in [0.2, 0.25) is 0 Å². The molecular weight excluding hydrogens is 434 g/mol. The Morgan fingerprint density at radius 2 is 1.59 bits per heavy atom. The van der Waals surface area contributed by atoms with Crippen molar-refractivity contribution in [2.75, 3.05) is 26.4 Å². The monoisotopic (exact) mass is 463 g/mol. The number of fused-ring (bicyclic) bond motifs is 1. The number of ether oxygens (including phenoxy) is 3. The van der Waals surface area contributed by atoms with Crippen LogP contribution in [0.1, 0.15) is 18.1 Å². The molecule has 0 saturated carbocycles. The minimum Gasteiger partial charge on any atom is -0.497 e. The second-order valence-corrected chi connectivity index (χ2v) is 7.94. The molecule has 0 amide bonds. The van der Waals surface area contributed by atoms with Crippen LogP contribution in [0.5, 0.6) is 17.2 Å². The average Bonchev–Trinajstić information content (AvgIpc) is 2.86. The standard InChI is InChI=1S/C26H29N3O5/c1-17(30)34-29-23-14-19(18-10-12-21(31-2)13-11-18)8-9-20(23)15-28(26(29)27)16-22-24(32-3)6-5-7-25(22)33-4/h5-14,26H,15-16,27H2,1-4H3. The van der Waals surface area contributed by atoms with Gasteiger partial charge in [-0.1, -0.05) is 30.3 Å². The van der Waals surface area contributed by atoms with Gasteiger partial charge in [0.1, 0.15) is 17.2 Å². The highest BCUT2D eigenvalue weighted by Crippen LogP contribution is 2.37. The molecule has 0 radical (unpaired) electrons. The number of methoxy groups -OCH3 is 3. The van der Waals surface area contributed by atoms with Gasteiger partial charge < -0.3 is 19.0 Å². The number of nitrogens with zero attached hydrogens (tertiary/aromatic N) is 2. The smallest absolute Gasteiger partial charge is 0.329 e. The van der Waals surface area contributed by atoms with E-state index >= 15 is 0 Å². The maximum Gasteiger partial charge on any atom is 0.329 e.